The molecule has 0 amide bonds. The average Bonchev–Trinajstić information content (AvgIpc) is 2.82. The molecule has 0 bridgehead atoms. The number of fused-ring (bicyclic) bond motifs is 2. The second-order valence-electron chi connectivity index (χ2n) is 7.97. The van der Waals surface area contributed by atoms with E-state index in [-0.39, 0.29) is 32.9 Å². The van der Waals surface area contributed by atoms with Crippen LogP contribution in [0.1, 0.15) is 11.1 Å². The van der Waals surface area contributed by atoms with Crippen molar-refractivity contribution in [3.8, 4) is 0 Å². The smallest absolute Gasteiger partial charge is 0.267 e. The van der Waals surface area contributed by atoms with Crippen LogP contribution in [0.3, 0.4) is 0 Å². The molecule has 170 valence electrons. The number of rotatable bonds is 4. The molecule has 34 heavy (non-hydrogen) atoms. The molecule has 5 rings (SSSR count). The molecule has 0 aliphatic rings. The number of benzene rings is 2. The number of aryl methyl sites for hydroxylation is 1. The third-order valence-electron chi connectivity index (χ3n) is 5.66. The third-order valence-corrected chi connectivity index (χ3v) is 7.44. The predicted molar refractivity (Wildman–Crippen MR) is 125 cm³/mol. The van der Waals surface area contributed by atoms with Crippen molar-refractivity contribution in [2.45, 2.75) is 23.3 Å². The van der Waals surface area contributed by atoms with Gasteiger partial charge in [0.2, 0.25) is 9.84 Å². The topological polar surface area (TPSA) is 97.3 Å². The summed E-state index contributed by atoms with van der Waals surface area (Å²) in [7, 11) is -4.11. The number of pyridine rings is 2. The second kappa shape index (κ2) is 8.03. The standard InChI is InChI=1S/C25H19FN4O3S/c1-16-5-11-19(12-6-16)34(32,33)21-14-20-24(28-22-4-2-3-13-29(22)25(20)31)30(23(21)27)15-17-7-9-18(26)10-8-17/h2-14,27H,15H2,1H3. The van der Waals surface area contributed by atoms with Gasteiger partial charge in [0.1, 0.15) is 27.5 Å². The first-order valence-corrected chi connectivity index (χ1v) is 11.9. The maximum absolute atomic E-state index is 13.5. The Morgan fingerprint density at radius 2 is 1.71 bits per heavy atom. The molecule has 9 heteroatoms. The molecular weight excluding hydrogens is 455 g/mol. The fourth-order valence-corrected chi connectivity index (χ4v) is 5.22. The highest BCUT2D eigenvalue weighted by atomic mass is 32.2. The molecule has 2 aromatic carbocycles. The Kier molecular flexibility index (Phi) is 5.13. The van der Waals surface area contributed by atoms with Gasteiger partial charge in [0.15, 0.2) is 0 Å². The number of sulfone groups is 1. The summed E-state index contributed by atoms with van der Waals surface area (Å²) in [5.74, 6) is -0.414. The fourth-order valence-electron chi connectivity index (χ4n) is 3.84. The largest absolute Gasteiger partial charge is 0.305 e. The van der Waals surface area contributed by atoms with Crippen molar-refractivity contribution < 1.29 is 12.8 Å². The quantitative estimate of drug-likeness (QED) is 0.404. The van der Waals surface area contributed by atoms with Gasteiger partial charge in [-0.15, -0.1) is 0 Å². The lowest BCUT2D eigenvalue weighted by Gasteiger charge is -2.15. The zero-order valence-electron chi connectivity index (χ0n) is 18.1. The Balaban J connectivity index is 1.86. The lowest BCUT2D eigenvalue weighted by molar-refractivity contribution is 0.591. The number of nitrogens with one attached hydrogen (secondary N) is 1. The van der Waals surface area contributed by atoms with Gasteiger partial charge in [0, 0.05) is 6.20 Å². The molecule has 0 spiro atoms. The molecule has 3 aromatic heterocycles. The van der Waals surface area contributed by atoms with E-state index < -0.39 is 21.2 Å². The molecule has 7 nitrogen and oxygen atoms in total. The summed E-state index contributed by atoms with van der Waals surface area (Å²) in [5.41, 5.74) is 1.29. The Labute approximate surface area is 193 Å². The van der Waals surface area contributed by atoms with Crippen LogP contribution < -0.4 is 11.0 Å². The monoisotopic (exact) mass is 474 g/mol. The average molecular weight is 475 g/mol. The number of hydrogen-bond acceptors (Lipinski definition) is 5. The van der Waals surface area contributed by atoms with Gasteiger partial charge in [-0.05, 0) is 55.0 Å². The van der Waals surface area contributed by atoms with E-state index >= 15 is 0 Å². The molecule has 0 radical (unpaired) electrons. The summed E-state index contributed by atoms with van der Waals surface area (Å²) in [6.07, 6.45) is 1.55. The molecule has 0 unspecified atom stereocenters. The van der Waals surface area contributed by atoms with E-state index in [0.717, 1.165) is 5.56 Å². The zero-order chi connectivity index (χ0) is 24.0. The van der Waals surface area contributed by atoms with Crippen molar-refractivity contribution in [1.82, 2.24) is 14.0 Å². The summed E-state index contributed by atoms with van der Waals surface area (Å²) in [6.45, 7) is 1.87. The molecule has 0 atom stereocenters. The lowest BCUT2D eigenvalue weighted by atomic mass is 10.2. The van der Waals surface area contributed by atoms with Gasteiger partial charge in [-0.1, -0.05) is 35.9 Å². The molecule has 0 aliphatic carbocycles. The van der Waals surface area contributed by atoms with E-state index in [1.165, 1.54) is 39.3 Å². The molecule has 3 heterocycles. The number of halogens is 1. The van der Waals surface area contributed by atoms with E-state index in [0.29, 0.717) is 11.2 Å². The van der Waals surface area contributed by atoms with Crippen molar-refractivity contribution in [2.75, 3.05) is 0 Å². The van der Waals surface area contributed by atoms with Gasteiger partial charge in [-0.2, -0.15) is 0 Å². The number of nitrogens with zero attached hydrogens (tertiary/aromatic N) is 3. The van der Waals surface area contributed by atoms with E-state index in [9.17, 15) is 17.6 Å². The van der Waals surface area contributed by atoms with Gasteiger partial charge >= 0.3 is 0 Å². The predicted octanol–water partition coefficient (Wildman–Crippen LogP) is 3.46. The van der Waals surface area contributed by atoms with Crippen LogP contribution in [0.2, 0.25) is 0 Å². The zero-order valence-corrected chi connectivity index (χ0v) is 18.9. The maximum Gasteiger partial charge on any atom is 0.267 e. The normalized spacial score (nSPS) is 11.8. The van der Waals surface area contributed by atoms with Crippen LogP contribution in [0.4, 0.5) is 4.39 Å². The van der Waals surface area contributed by atoms with Crippen LogP contribution in [-0.4, -0.2) is 22.4 Å². The van der Waals surface area contributed by atoms with Crippen molar-refractivity contribution in [2.24, 2.45) is 0 Å². The van der Waals surface area contributed by atoms with Crippen LogP contribution in [-0.2, 0) is 16.4 Å². The number of aromatic nitrogens is 3. The summed E-state index contributed by atoms with van der Waals surface area (Å²) in [6, 6.07) is 18.2. The van der Waals surface area contributed by atoms with Crippen molar-refractivity contribution in [3.05, 3.63) is 112 Å². The minimum Gasteiger partial charge on any atom is -0.305 e. The SMILES string of the molecule is Cc1ccc(S(=O)(=O)c2cc3c(=O)n4ccccc4nc3n(Cc3ccc(F)cc3)c2=N)cc1. The Morgan fingerprint density at radius 1 is 1.00 bits per heavy atom. The molecule has 0 saturated heterocycles. The van der Waals surface area contributed by atoms with Gasteiger partial charge in [0.25, 0.3) is 5.56 Å². The van der Waals surface area contributed by atoms with Crippen LogP contribution in [0.25, 0.3) is 16.7 Å². The minimum absolute atomic E-state index is 0.0214. The van der Waals surface area contributed by atoms with Crippen LogP contribution in [0, 0.1) is 18.2 Å². The second-order valence-corrected chi connectivity index (χ2v) is 9.89. The highest BCUT2D eigenvalue weighted by Gasteiger charge is 2.24. The van der Waals surface area contributed by atoms with Gasteiger partial charge in [-0.3, -0.25) is 14.6 Å². The van der Waals surface area contributed by atoms with Crippen LogP contribution in [0.5, 0.6) is 0 Å². The van der Waals surface area contributed by atoms with Gasteiger partial charge in [0.05, 0.1) is 16.8 Å². The maximum atomic E-state index is 13.5. The molecule has 0 aliphatic heterocycles. The van der Waals surface area contributed by atoms with Crippen molar-refractivity contribution >= 4 is 26.5 Å². The Morgan fingerprint density at radius 3 is 2.41 bits per heavy atom. The summed E-state index contributed by atoms with van der Waals surface area (Å²) in [5, 5.41) is 8.87. The van der Waals surface area contributed by atoms with E-state index in [2.05, 4.69) is 4.98 Å². The molecular formula is C25H19FN4O3S. The molecule has 0 fully saturated rings. The molecule has 1 N–H and O–H groups in total. The van der Waals surface area contributed by atoms with Crippen molar-refractivity contribution in [3.63, 3.8) is 0 Å². The lowest BCUT2D eigenvalue weighted by Crippen LogP contribution is -2.30. The Hall–Kier alpha value is -4.11. The van der Waals surface area contributed by atoms with E-state index in [1.54, 1.807) is 48.7 Å². The Bertz CT molecular complexity index is 1790. The van der Waals surface area contributed by atoms with E-state index in [4.69, 9.17) is 5.41 Å². The highest BCUT2D eigenvalue weighted by Crippen LogP contribution is 2.21. The first-order chi connectivity index (χ1) is 16.3. The first kappa shape index (κ1) is 21.7. The molecule has 0 saturated carbocycles. The van der Waals surface area contributed by atoms with Crippen LogP contribution >= 0.6 is 0 Å². The van der Waals surface area contributed by atoms with Crippen molar-refractivity contribution in [1.29, 1.82) is 5.41 Å². The third kappa shape index (κ3) is 3.60. The fraction of sp³-hybridized carbons (Fsp3) is 0.0800. The molecule has 5 aromatic rings. The van der Waals surface area contributed by atoms with Gasteiger partial charge < -0.3 is 4.57 Å². The van der Waals surface area contributed by atoms with Crippen LogP contribution in [0.15, 0.2) is 93.6 Å². The first-order valence-electron chi connectivity index (χ1n) is 10.4. The highest BCUT2D eigenvalue weighted by molar-refractivity contribution is 7.91. The number of hydrogen-bond donors (Lipinski definition) is 1. The summed E-state index contributed by atoms with van der Waals surface area (Å²) in [4.78, 5) is 17.6. The minimum atomic E-state index is -4.11. The summed E-state index contributed by atoms with van der Waals surface area (Å²) >= 11 is 0. The summed E-state index contributed by atoms with van der Waals surface area (Å²) < 4.78 is 43.2. The van der Waals surface area contributed by atoms with Gasteiger partial charge in [-0.25, -0.2) is 17.8 Å². The van der Waals surface area contributed by atoms with E-state index in [1.807, 2.05) is 6.92 Å².